The molecule has 1 heterocycles. The van der Waals surface area contributed by atoms with Gasteiger partial charge in [-0.25, -0.2) is 14.0 Å². The molecule has 2 atom stereocenters. The average Bonchev–Trinajstić information content (AvgIpc) is 3.34. The minimum Gasteiger partial charge on any atom is -0.478 e. The number of aliphatic carboxylic acids is 1. The zero-order valence-electron chi connectivity index (χ0n) is 23.1. The number of halogens is 1. The number of carboxylic acids is 1. The molecular weight excluding hydrogens is 513 g/mol. The molecule has 210 valence electrons. The second-order valence-corrected chi connectivity index (χ2v) is 10.8. The molecule has 1 fully saturated rings. The Morgan fingerprint density at radius 2 is 1.60 bits per heavy atom. The largest absolute Gasteiger partial charge is 0.478 e. The van der Waals surface area contributed by atoms with Gasteiger partial charge in [-0.1, -0.05) is 30.3 Å². The molecular formula is C32H34FNO6. The van der Waals surface area contributed by atoms with E-state index in [1.807, 2.05) is 32.0 Å². The summed E-state index contributed by atoms with van der Waals surface area (Å²) < 4.78 is 24.8. The second kappa shape index (κ2) is 11.9. The van der Waals surface area contributed by atoms with Crippen LogP contribution in [0.25, 0.3) is 0 Å². The fraction of sp³-hybridized carbons (Fsp3) is 0.344. The van der Waals surface area contributed by atoms with Crippen LogP contribution in [0.1, 0.15) is 47.3 Å². The van der Waals surface area contributed by atoms with E-state index in [1.54, 1.807) is 29.2 Å². The van der Waals surface area contributed by atoms with Gasteiger partial charge in [-0.2, -0.15) is 0 Å². The Kier molecular flexibility index (Phi) is 8.57. The molecule has 1 aliphatic rings. The van der Waals surface area contributed by atoms with Crippen molar-refractivity contribution in [3.8, 4) is 11.5 Å². The van der Waals surface area contributed by atoms with Crippen LogP contribution in [0, 0.1) is 31.5 Å². The van der Waals surface area contributed by atoms with Gasteiger partial charge in [0.05, 0.1) is 0 Å². The van der Waals surface area contributed by atoms with Gasteiger partial charge in [0.2, 0.25) is 0 Å². The predicted molar refractivity (Wildman–Crippen MR) is 148 cm³/mol. The Morgan fingerprint density at radius 3 is 2.20 bits per heavy atom. The summed E-state index contributed by atoms with van der Waals surface area (Å²) >= 11 is 0. The number of ether oxygens (including phenoxy) is 2. The van der Waals surface area contributed by atoms with Crippen molar-refractivity contribution in [2.24, 2.45) is 11.8 Å². The van der Waals surface area contributed by atoms with E-state index in [0.717, 1.165) is 16.7 Å². The number of likely N-dealkylation sites (tertiary alicyclic amines) is 1. The van der Waals surface area contributed by atoms with E-state index in [0.29, 0.717) is 36.4 Å². The summed E-state index contributed by atoms with van der Waals surface area (Å²) in [5.74, 6) is -1.24. The summed E-state index contributed by atoms with van der Waals surface area (Å²) in [6.07, 6.45) is 0.760. The van der Waals surface area contributed by atoms with Crippen molar-refractivity contribution >= 4 is 17.8 Å². The number of carbonyl (C=O) groups excluding carboxylic acids is 2. The van der Waals surface area contributed by atoms with Gasteiger partial charge in [0.15, 0.2) is 11.4 Å². The van der Waals surface area contributed by atoms with Crippen LogP contribution in [0.3, 0.4) is 0 Å². The van der Waals surface area contributed by atoms with Gasteiger partial charge in [-0.05, 0) is 99.5 Å². The third-order valence-corrected chi connectivity index (χ3v) is 7.31. The first kappa shape index (κ1) is 28.8. The van der Waals surface area contributed by atoms with E-state index < -0.39 is 29.4 Å². The van der Waals surface area contributed by atoms with Crippen LogP contribution in [0.4, 0.5) is 9.18 Å². The number of nitrogens with zero attached hydrogens (tertiary/aromatic N) is 1. The van der Waals surface area contributed by atoms with Gasteiger partial charge in [0.25, 0.3) is 0 Å². The lowest BCUT2D eigenvalue weighted by Gasteiger charge is -2.25. The van der Waals surface area contributed by atoms with E-state index in [1.165, 1.54) is 38.1 Å². The summed E-state index contributed by atoms with van der Waals surface area (Å²) in [4.78, 5) is 39.5. The molecule has 2 unspecified atom stereocenters. The number of para-hydroxylation sites is 1. The van der Waals surface area contributed by atoms with Crippen molar-refractivity contribution in [2.45, 2.75) is 46.1 Å². The fourth-order valence-corrected chi connectivity index (χ4v) is 5.09. The normalized spacial score (nSPS) is 17.0. The zero-order chi connectivity index (χ0) is 29.0. The topological polar surface area (TPSA) is 93.1 Å². The first-order valence-corrected chi connectivity index (χ1v) is 13.3. The van der Waals surface area contributed by atoms with E-state index >= 15 is 0 Å². The molecule has 0 bridgehead atoms. The molecule has 0 saturated carbocycles. The van der Waals surface area contributed by atoms with Gasteiger partial charge in [-0.3, -0.25) is 4.79 Å². The minimum absolute atomic E-state index is 0.132. The van der Waals surface area contributed by atoms with Gasteiger partial charge in [0, 0.05) is 24.6 Å². The first-order valence-electron chi connectivity index (χ1n) is 13.3. The van der Waals surface area contributed by atoms with Crippen LogP contribution in [-0.4, -0.2) is 46.5 Å². The van der Waals surface area contributed by atoms with Crippen LogP contribution in [0.5, 0.6) is 11.5 Å². The van der Waals surface area contributed by atoms with E-state index in [2.05, 4.69) is 0 Å². The highest BCUT2D eigenvalue weighted by molar-refractivity contribution is 5.98. The third kappa shape index (κ3) is 6.68. The van der Waals surface area contributed by atoms with Gasteiger partial charge in [-0.15, -0.1) is 0 Å². The Balaban J connectivity index is 1.51. The molecule has 3 aromatic carbocycles. The zero-order valence-corrected chi connectivity index (χ0v) is 23.1. The molecule has 0 aromatic heterocycles. The lowest BCUT2D eigenvalue weighted by molar-refractivity contribution is -0.152. The lowest BCUT2D eigenvalue weighted by Crippen LogP contribution is -2.38. The number of carbonyl (C=O) groups is 3. The van der Waals surface area contributed by atoms with E-state index in [4.69, 9.17) is 9.47 Å². The SMILES string of the molecule is Cc1cc(CCC2CN(C(=O)Oc3ccccc3)CC2C(=O)c2ccc(F)cc2)cc(C)c1OC(C)(C)C(=O)O. The molecule has 1 saturated heterocycles. The number of rotatable bonds is 9. The third-order valence-electron chi connectivity index (χ3n) is 7.31. The summed E-state index contributed by atoms with van der Waals surface area (Å²) in [5, 5.41) is 9.45. The highest BCUT2D eigenvalue weighted by Crippen LogP contribution is 2.33. The van der Waals surface area contributed by atoms with Crippen LogP contribution in [0.15, 0.2) is 66.7 Å². The van der Waals surface area contributed by atoms with Crippen LogP contribution < -0.4 is 9.47 Å². The number of Topliss-reactive ketones (excluding diaryl/α,β-unsaturated/α-hetero) is 1. The monoisotopic (exact) mass is 547 g/mol. The smallest absolute Gasteiger partial charge is 0.415 e. The first-order chi connectivity index (χ1) is 18.9. The summed E-state index contributed by atoms with van der Waals surface area (Å²) in [7, 11) is 0. The lowest BCUT2D eigenvalue weighted by atomic mass is 9.84. The second-order valence-electron chi connectivity index (χ2n) is 10.8. The number of aryl methyl sites for hydroxylation is 3. The molecule has 1 N–H and O–H groups in total. The predicted octanol–water partition coefficient (Wildman–Crippen LogP) is 6.25. The molecule has 0 spiro atoms. The molecule has 0 radical (unpaired) electrons. The molecule has 7 nitrogen and oxygen atoms in total. The fourth-order valence-electron chi connectivity index (χ4n) is 5.09. The van der Waals surface area contributed by atoms with Gasteiger partial charge >= 0.3 is 12.1 Å². The van der Waals surface area contributed by atoms with E-state index in [9.17, 15) is 23.9 Å². The maximum absolute atomic E-state index is 13.5. The van der Waals surface area contributed by atoms with Gasteiger partial charge in [0.1, 0.15) is 17.3 Å². The Morgan fingerprint density at radius 1 is 0.975 bits per heavy atom. The number of amides is 1. The standard InChI is InChI=1S/C32H34FNO6/c1-20-16-22(17-21(2)29(20)40-32(3,4)30(36)37)10-11-24-18-34(31(38)39-26-8-6-5-7-9-26)19-27(24)28(35)23-12-14-25(33)15-13-23/h5-9,12-17,24,27H,10-11,18-19H2,1-4H3,(H,36,37). The van der Waals surface area contributed by atoms with Crippen molar-refractivity contribution in [3.05, 3.63) is 94.8 Å². The van der Waals surface area contributed by atoms with Crippen molar-refractivity contribution in [3.63, 3.8) is 0 Å². The maximum atomic E-state index is 13.5. The van der Waals surface area contributed by atoms with Crippen molar-refractivity contribution in [1.29, 1.82) is 0 Å². The summed E-state index contributed by atoms with van der Waals surface area (Å²) in [6.45, 7) is 7.34. The molecule has 8 heteroatoms. The molecule has 0 aliphatic carbocycles. The quantitative estimate of drug-likeness (QED) is 0.319. The van der Waals surface area contributed by atoms with Crippen molar-refractivity contribution in [2.75, 3.05) is 13.1 Å². The number of carboxylic acid groups (broad SMARTS) is 1. The molecule has 1 aliphatic heterocycles. The minimum atomic E-state index is -1.37. The summed E-state index contributed by atoms with van der Waals surface area (Å²) in [5.41, 5.74) is 1.70. The van der Waals surface area contributed by atoms with Crippen LogP contribution in [0.2, 0.25) is 0 Å². The van der Waals surface area contributed by atoms with Crippen LogP contribution >= 0.6 is 0 Å². The average molecular weight is 548 g/mol. The number of hydrogen-bond donors (Lipinski definition) is 1. The number of hydrogen-bond acceptors (Lipinski definition) is 5. The molecule has 3 aromatic rings. The molecule has 4 rings (SSSR count). The van der Waals surface area contributed by atoms with Crippen molar-refractivity contribution in [1.82, 2.24) is 4.90 Å². The molecule has 1 amide bonds. The van der Waals surface area contributed by atoms with Crippen LogP contribution in [-0.2, 0) is 11.2 Å². The molecule has 40 heavy (non-hydrogen) atoms. The Bertz CT molecular complexity index is 1360. The highest BCUT2D eigenvalue weighted by Gasteiger charge is 2.40. The highest BCUT2D eigenvalue weighted by atomic mass is 19.1. The van der Waals surface area contributed by atoms with Crippen molar-refractivity contribution < 1.29 is 33.4 Å². The number of ketones is 1. The Hall–Kier alpha value is -4.20. The van der Waals surface area contributed by atoms with Gasteiger partial charge < -0.3 is 19.5 Å². The number of benzene rings is 3. The Labute approximate surface area is 233 Å². The maximum Gasteiger partial charge on any atom is 0.415 e. The summed E-state index contributed by atoms with van der Waals surface area (Å²) in [6, 6.07) is 18.2. The van der Waals surface area contributed by atoms with E-state index in [-0.39, 0.29) is 18.2 Å².